The van der Waals surface area contributed by atoms with Crippen molar-refractivity contribution >= 4 is 52.5 Å². The molecule has 0 heterocycles. The van der Waals surface area contributed by atoms with E-state index in [1.54, 1.807) is 35.2 Å². The lowest BCUT2D eigenvalue weighted by atomic mass is 10.1. The molecule has 2 aromatic rings. The molecule has 0 aromatic heterocycles. The van der Waals surface area contributed by atoms with Gasteiger partial charge in [-0.2, -0.15) is 0 Å². The number of nitrogens with zero attached hydrogens (tertiary/aromatic N) is 2. The Morgan fingerprint density at radius 3 is 2.32 bits per heavy atom. The van der Waals surface area contributed by atoms with Crippen LogP contribution in [-0.2, 0) is 21.9 Å². The van der Waals surface area contributed by atoms with E-state index in [9.17, 15) is 19.7 Å². The van der Waals surface area contributed by atoms with Crippen LogP contribution in [-0.4, -0.2) is 39.0 Å². The van der Waals surface area contributed by atoms with Crippen LogP contribution in [0.3, 0.4) is 0 Å². The highest BCUT2D eigenvalue weighted by Crippen LogP contribution is 2.25. The van der Waals surface area contributed by atoms with Crippen LogP contribution in [0, 0.1) is 10.1 Å². The standard InChI is InChI=1S/C24H29Cl2N3O4S/c1-5-21(23(31)27-24(2,3)4)28(13-17-8-9-18(25)12-20(17)26)22(30)15-34-14-16-6-10-19(11-7-16)29(32)33/h6-12,21H,5,13-15H2,1-4H3,(H,27,31). The number of non-ortho nitro benzene ring substituents is 1. The average molecular weight is 526 g/mol. The second kappa shape index (κ2) is 12.4. The maximum Gasteiger partial charge on any atom is 0.269 e. The van der Waals surface area contributed by atoms with E-state index in [-0.39, 0.29) is 29.8 Å². The zero-order valence-electron chi connectivity index (χ0n) is 19.6. The van der Waals surface area contributed by atoms with Gasteiger partial charge in [-0.05, 0) is 50.5 Å². The van der Waals surface area contributed by atoms with Crippen LogP contribution in [0.25, 0.3) is 0 Å². The average Bonchev–Trinajstić information content (AvgIpc) is 2.74. The van der Waals surface area contributed by atoms with E-state index < -0.39 is 16.5 Å². The molecule has 1 unspecified atom stereocenters. The number of nitro benzene ring substituents is 1. The van der Waals surface area contributed by atoms with E-state index in [0.717, 1.165) is 5.56 Å². The largest absolute Gasteiger partial charge is 0.350 e. The molecule has 10 heteroatoms. The summed E-state index contributed by atoms with van der Waals surface area (Å²) in [6, 6.07) is 10.6. The Hall–Kier alpha value is -2.29. The first-order valence-electron chi connectivity index (χ1n) is 10.8. The normalized spacial score (nSPS) is 12.2. The van der Waals surface area contributed by atoms with Crippen LogP contribution >= 0.6 is 35.0 Å². The van der Waals surface area contributed by atoms with Gasteiger partial charge in [0.1, 0.15) is 6.04 Å². The Bertz CT molecular complexity index is 1030. The molecule has 0 saturated carbocycles. The molecule has 2 aromatic carbocycles. The predicted octanol–water partition coefficient (Wildman–Crippen LogP) is 5.86. The number of carbonyl (C=O) groups is 2. The highest BCUT2D eigenvalue weighted by molar-refractivity contribution is 7.99. The van der Waals surface area contributed by atoms with Gasteiger partial charge in [0.25, 0.3) is 5.69 Å². The van der Waals surface area contributed by atoms with Crippen LogP contribution < -0.4 is 5.32 Å². The van der Waals surface area contributed by atoms with Crippen LogP contribution in [0.1, 0.15) is 45.2 Å². The molecular formula is C24H29Cl2N3O4S. The fourth-order valence-electron chi connectivity index (χ4n) is 3.26. The number of amides is 2. The molecule has 0 radical (unpaired) electrons. The van der Waals surface area contributed by atoms with E-state index in [0.29, 0.717) is 27.8 Å². The zero-order valence-corrected chi connectivity index (χ0v) is 22.0. The van der Waals surface area contributed by atoms with E-state index in [4.69, 9.17) is 23.2 Å². The maximum absolute atomic E-state index is 13.3. The van der Waals surface area contributed by atoms with Gasteiger partial charge in [-0.3, -0.25) is 19.7 Å². The second-order valence-electron chi connectivity index (χ2n) is 8.84. The highest BCUT2D eigenvalue weighted by Gasteiger charge is 2.31. The molecule has 1 atom stereocenters. The minimum Gasteiger partial charge on any atom is -0.350 e. The molecule has 0 bridgehead atoms. The molecule has 184 valence electrons. The van der Waals surface area contributed by atoms with Crippen LogP contribution in [0.5, 0.6) is 0 Å². The molecule has 7 nitrogen and oxygen atoms in total. The molecular weight excluding hydrogens is 497 g/mol. The summed E-state index contributed by atoms with van der Waals surface area (Å²) in [5.74, 6) is 0.216. The molecule has 1 N–H and O–H groups in total. The van der Waals surface area contributed by atoms with Crippen molar-refractivity contribution in [3.05, 3.63) is 73.8 Å². The van der Waals surface area contributed by atoms with E-state index >= 15 is 0 Å². The maximum atomic E-state index is 13.3. The highest BCUT2D eigenvalue weighted by atomic mass is 35.5. The second-order valence-corrected chi connectivity index (χ2v) is 10.7. The van der Waals surface area contributed by atoms with Crippen molar-refractivity contribution < 1.29 is 14.5 Å². The zero-order chi connectivity index (χ0) is 25.5. The summed E-state index contributed by atoms with van der Waals surface area (Å²) in [5, 5.41) is 14.7. The fourth-order valence-corrected chi connectivity index (χ4v) is 4.60. The summed E-state index contributed by atoms with van der Waals surface area (Å²) in [7, 11) is 0. The van der Waals surface area contributed by atoms with Gasteiger partial charge in [-0.25, -0.2) is 0 Å². The smallest absolute Gasteiger partial charge is 0.269 e. The van der Waals surface area contributed by atoms with Crippen LogP contribution in [0.2, 0.25) is 10.0 Å². The lowest BCUT2D eigenvalue weighted by Crippen LogP contribution is -2.53. The monoisotopic (exact) mass is 525 g/mol. The summed E-state index contributed by atoms with van der Waals surface area (Å²) >= 11 is 13.7. The molecule has 0 fully saturated rings. The van der Waals surface area contributed by atoms with Gasteiger partial charge in [0.2, 0.25) is 11.8 Å². The number of rotatable bonds is 10. The Balaban J connectivity index is 2.18. The number of nitro groups is 1. The van der Waals surface area contributed by atoms with E-state index in [1.165, 1.54) is 23.9 Å². The number of hydrogen-bond acceptors (Lipinski definition) is 5. The third-order valence-corrected chi connectivity index (χ3v) is 6.46. The summed E-state index contributed by atoms with van der Waals surface area (Å²) in [6.45, 7) is 7.70. The molecule has 0 aliphatic rings. The Morgan fingerprint density at radius 1 is 1.15 bits per heavy atom. The van der Waals surface area contributed by atoms with Crippen LogP contribution in [0.4, 0.5) is 5.69 Å². The number of carbonyl (C=O) groups excluding carboxylic acids is 2. The van der Waals surface area contributed by atoms with E-state index in [1.807, 2.05) is 27.7 Å². The predicted molar refractivity (Wildman–Crippen MR) is 138 cm³/mol. The Labute approximate surface area is 214 Å². The summed E-state index contributed by atoms with van der Waals surface area (Å²) in [5.41, 5.74) is 1.14. The summed E-state index contributed by atoms with van der Waals surface area (Å²) in [4.78, 5) is 38.2. The third-order valence-electron chi connectivity index (χ3n) is 4.88. The van der Waals surface area contributed by atoms with Gasteiger partial charge >= 0.3 is 0 Å². The first kappa shape index (κ1) is 28.0. The van der Waals surface area contributed by atoms with Crippen molar-refractivity contribution in [2.75, 3.05) is 5.75 Å². The van der Waals surface area contributed by atoms with Gasteiger partial charge in [0, 0.05) is 40.0 Å². The molecule has 2 amide bonds. The quantitative estimate of drug-likeness (QED) is 0.309. The van der Waals surface area contributed by atoms with Gasteiger partial charge in [0.05, 0.1) is 10.7 Å². The topological polar surface area (TPSA) is 92.6 Å². The Morgan fingerprint density at radius 2 is 1.79 bits per heavy atom. The molecule has 0 saturated heterocycles. The molecule has 2 rings (SSSR count). The third kappa shape index (κ3) is 8.49. The van der Waals surface area contributed by atoms with Crippen molar-refractivity contribution in [1.29, 1.82) is 0 Å². The first-order chi connectivity index (χ1) is 15.9. The first-order valence-corrected chi connectivity index (χ1v) is 12.7. The van der Waals surface area contributed by atoms with Crippen molar-refractivity contribution in [3.8, 4) is 0 Å². The fraction of sp³-hybridized carbons (Fsp3) is 0.417. The Kier molecular flexibility index (Phi) is 10.2. The van der Waals surface area contributed by atoms with Gasteiger partial charge < -0.3 is 10.2 Å². The lowest BCUT2D eigenvalue weighted by Gasteiger charge is -2.33. The number of thioether (sulfide) groups is 1. The van der Waals surface area contributed by atoms with Gasteiger partial charge in [-0.1, -0.05) is 48.3 Å². The number of benzene rings is 2. The SMILES string of the molecule is CCC(C(=O)NC(C)(C)C)N(Cc1ccc(Cl)cc1Cl)C(=O)CSCc1ccc([N+](=O)[O-])cc1. The molecule has 0 aliphatic heterocycles. The molecule has 34 heavy (non-hydrogen) atoms. The van der Waals surface area contributed by atoms with Crippen molar-refractivity contribution in [2.45, 2.75) is 58.0 Å². The summed E-state index contributed by atoms with van der Waals surface area (Å²) in [6.07, 6.45) is 0.436. The number of nitrogens with one attached hydrogen (secondary N) is 1. The number of halogens is 2. The number of hydrogen-bond donors (Lipinski definition) is 1. The molecule has 0 aliphatic carbocycles. The molecule has 0 spiro atoms. The van der Waals surface area contributed by atoms with Crippen molar-refractivity contribution in [1.82, 2.24) is 10.2 Å². The summed E-state index contributed by atoms with van der Waals surface area (Å²) < 4.78 is 0. The van der Waals surface area contributed by atoms with Gasteiger partial charge in [0.15, 0.2) is 0 Å². The minimum absolute atomic E-state index is 0.0199. The van der Waals surface area contributed by atoms with Crippen LogP contribution in [0.15, 0.2) is 42.5 Å². The lowest BCUT2D eigenvalue weighted by molar-refractivity contribution is -0.384. The van der Waals surface area contributed by atoms with Crippen molar-refractivity contribution in [3.63, 3.8) is 0 Å². The van der Waals surface area contributed by atoms with E-state index in [2.05, 4.69) is 5.32 Å². The van der Waals surface area contributed by atoms with Crippen molar-refractivity contribution in [2.24, 2.45) is 0 Å². The minimum atomic E-state index is -0.668. The van der Waals surface area contributed by atoms with Gasteiger partial charge in [-0.15, -0.1) is 11.8 Å².